The van der Waals surface area contributed by atoms with Crippen LogP contribution in [0.4, 0.5) is 0 Å². The molecule has 64 valence electrons. The molecule has 1 rings (SSSR count). The quantitative estimate of drug-likeness (QED) is 0.637. The van der Waals surface area contributed by atoms with Crippen LogP contribution in [-0.4, -0.2) is 6.26 Å². The Morgan fingerprint density at radius 1 is 1.50 bits per heavy atom. The molecular formula is C11H14S. The first-order valence-corrected chi connectivity index (χ1v) is 5.34. The minimum atomic E-state index is 1.08. The topological polar surface area (TPSA) is 0 Å². The lowest BCUT2D eigenvalue weighted by Crippen LogP contribution is -1.88. The van der Waals surface area contributed by atoms with Crippen LogP contribution in [0.25, 0.3) is 6.08 Å². The van der Waals surface area contributed by atoms with Crippen molar-refractivity contribution in [2.45, 2.75) is 18.2 Å². The summed E-state index contributed by atoms with van der Waals surface area (Å²) in [6, 6.07) is 6.37. The van der Waals surface area contributed by atoms with Crippen molar-refractivity contribution in [1.29, 1.82) is 0 Å². The van der Waals surface area contributed by atoms with Crippen LogP contribution in [0.2, 0.25) is 0 Å². The van der Waals surface area contributed by atoms with Crippen molar-refractivity contribution < 1.29 is 0 Å². The van der Waals surface area contributed by atoms with Crippen LogP contribution in [0, 0.1) is 0 Å². The van der Waals surface area contributed by atoms with Gasteiger partial charge in [0.15, 0.2) is 0 Å². The lowest BCUT2D eigenvalue weighted by atomic mass is 10.1. The van der Waals surface area contributed by atoms with Crippen LogP contribution in [0.1, 0.15) is 18.1 Å². The van der Waals surface area contributed by atoms with E-state index in [1.807, 2.05) is 6.08 Å². The summed E-state index contributed by atoms with van der Waals surface area (Å²) in [4.78, 5) is 1.37. The first-order valence-electron chi connectivity index (χ1n) is 4.11. The van der Waals surface area contributed by atoms with Crippen LogP contribution in [0.5, 0.6) is 0 Å². The molecule has 0 unspecified atom stereocenters. The third kappa shape index (κ3) is 1.72. The van der Waals surface area contributed by atoms with Gasteiger partial charge in [0.2, 0.25) is 0 Å². The van der Waals surface area contributed by atoms with Crippen LogP contribution in [0.3, 0.4) is 0 Å². The van der Waals surface area contributed by atoms with Crippen LogP contribution < -0.4 is 0 Å². The van der Waals surface area contributed by atoms with Crippen molar-refractivity contribution in [2.75, 3.05) is 6.26 Å². The van der Waals surface area contributed by atoms with E-state index in [1.54, 1.807) is 11.8 Å². The minimum Gasteiger partial charge on any atom is -0.129 e. The summed E-state index contributed by atoms with van der Waals surface area (Å²) >= 11 is 1.80. The van der Waals surface area contributed by atoms with Crippen molar-refractivity contribution in [3.05, 3.63) is 35.9 Å². The van der Waals surface area contributed by atoms with Gasteiger partial charge in [-0.1, -0.05) is 31.7 Å². The van der Waals surface area contributed by atoms with E-state index in [0.717, 1.165) is 6.42 Å². The van der Waals surface area contributed by atoms with E-state index >= 15 is 0 Å². The van der Waals surface area contributed by atoms with Crippen molar-refractivity contribution in [2.24, 2.45) is 0 Å². The molecule has 0 aromatic heterocycles. The van der Waals surface area contributed by atoms with E-state index in [4.69, 9.17) is 0 Å². The van der Waals surface area contributed by atoms with Gasteiger partial charge in [-0.2, -0.15) is 0 Å². The van der Waals surface area contributed by atoms with Crippen molar-refractivity contribution >= 4 is 17.8 Å². The molecule has 0 fully saturated rings. The number of thioether (sulfide) groups is 1. The van der Waals surface area contributed by atoms with E-state index in [2.05, 4.69) is 38.0 Å². The van der Waals surface area contributed by atoms with Gasteiger partial charge in [-0.15, -0.1) is 11.8 Å². The Bertz CT molecular complexity index is 276. The first-order chi connectivity index (χ1) is 5.83. The molecule has 0 aliphatic rings. The Hall–Kier alpha value is -0.690. The molecule has 0 amide bonds. The second-order valence-electron chi connectivity index (χ2n) is 2.59. The second-order valence-corrected chi connectivity index (χ2v) is 3.43. The Morgan fingerprint density at radius 3 is 2.75 bits per heavy atom. The average Bonchev–Trinajstić information content (AvgIpc) is 2.16. The molecule has 12 heavy (non-hydrogen) atoms. The van der Waals surface area contributed by atoms with Gasteiger partial charge >= 0.3 is 0 Å². The molecule has 0 heterocycles. The Morgan fingerprint density at radius 2 is 2.25 bits per heavy atom. The fraction of sp³-hybridized carbons (Fsp3) is 0.273. The third-order valence-electron chi connectivity index (χ3n) is 1.96. The molecule has 1 heteroatoms. The van der Waals surface area contributed by atoms with Crippen LogP contribution >= 0.6 is 11.8 Å². The highest BCUT2D eigenvalue weighted by Gasteiger charge is 2.01. The van der Waals surface area contributed by atoms with Crippen molar-refractivity contribution in [3.8, 4) is 0 Å². The van der Waals surface area contributed by atoms with Crippen LogP contribution in [0.15, 0.2) is 29.7 Å². The Balaban J connectivity index is 3.21. The highest BCUT2D eigenvalue weighted by Crippen LogP contribution is 2.24. The lowest BCUT2D eigenvalue weighted by molar-refractivity contribution is 1.08. The first kappa shape index (κ1) is 9.40. The summed E-state index contributed by atoms with van der Waals surface area (Å²) < 4.78 is 0. The fourth-order valence-electron chi connectivity index (χ4n) is 1.34. The maximum absolute atomic E-state index is 3.81. The van der Waals surface area contributed by atoms with Gasteiger partial charge in [-0.05, 0) is 29.9 Å². The molecule has 0 atom stereocenters. The molecule has 0 aliphatic heterocycles. The zero-order valence-electron chi connectivity index (χ0n) is 7.63. The van der Waals surface area contributed by atoms with Crippen molar-refractivity contribution in [3.63, 3.8) is 0 Å². The molecule has 0 aliphatic carbocycles. The minimum absolute atomic E-state index is 1.08. The standard InChI is InChI=1S/C11H14S/c1-4-9-7-6-8-11(12-3)10(9)5-2/h4,6-8H,1,5H2,2-3H3. The van der Waals surface area contributed by atoms with Gasteiger partial charge in [-0.25, -0.2) is 0 Å². The predicted molar refractivity (Wildman–Crippen MR) is 57.7 cm³/mol. The molecule has 0 bridgehead atoms. The smallest absolute Gasteiger partial charge is 0.0107 e. The molecule has 0 spiro atoms. The molecule has 1 aromatic carbocycles. The predicted octanol–water partition coefficient (Wildman–Crippen LogP) is 3.61. The Kier molecular flexibility index (Phi) is 3.42. The van der Waals surface area contributed by atoms with E-state index in [-0.39, 0.29) is 0 Å². The molecule has 0 N–H and O–H groups in total. The molecule has 0 saturated carbocycles. The fourth-order valence-corrected chi connectivity index (χ4v) is 2.07. The maximum atomic E-state index is 3.81. The number of rotatable bonds is 3. The monoisotopic (exact) mass is 178 g/mol. The summed E-state index contributed by atoms with van der Waals surface area (Å²) in [5.74, 6) is 0. The molecule has 0 nitrogen and oxygen atoms in total. The lowest BCUT2D eigenvalue weighted by Gasteiger charge is -2.07. The SMILES string of the molecule is C=Cc1cccc(SC)c1CC. The molecule has 0 saturated heterocycles. The van der Waals surface area contributed by atoms with E-state index < -0.39 is 0 Å². The van der Waals surface area contributed by atoms with E-state index in [1.165, 1.54) is 16.0 Å². The Labute approximate surface area is 78.7 Å². The van der Waals surface area contributed by atoms with Gasteiger partial charge < -0.3 is 0 Å². The van der Waals surface area contributed by atoms with Gasteiger partial charge in [-0.3, -0.25) is 0 Å². The number of benzene rings is 1. The largest absolute Gasteiger partial charge is 0.129 e. The van der Waals surface area contributed by atoms with Crippen LogP contribution in [-0.2, 0) is 6.42 Å². The maximum Gasteiger partial charge on any atom is 0.0107 e. The highest BCUT2D eigenvalue weighted by molar-refractivity contribution is 7.98. The van der Waals surface area contributed by atoms with Gasteiger partial charge in [0, 0.05) is 4.90 Å². The molecule has 1 aromatic rings. The average molecular weight is 178 g/mol. The van der Waals surface area contributed by atoms with Gasteiger partial charge in [0.25, 0.3) is 0 Å². The van der Waals surface area contributed by atoms with Crippen molar-refractivity contribution in [1.82, 2.24) is 0 Å². The number of hydrogen-bond donors (Lipinski definition) is 0. The highest BCUT2D eigenvalue weighted by atomic mass is 32.2. The van der Waals surface area contributed by atoms with E-state index in [0.29, 0.717) is 0 Å². The molecular weight excluding hydrogens is 164 g/mol. The van der Waals surface area contributed by atoms with Gasteiger partial charge in [0.1, 0.15) is 0 Å². The summed E-state index contributed by atoms with van der Waals surface area (Å²) in [6.07, 6.45) is 5.12. The summed E-state index contributed by atoms with van der Waals surface area (Å²) in [5.41, 5.74) is 2.68. The summed E-state index contributed by atoms with van der Waals surface area (Å²) in [7, 11) is 0. The molecule has 0 radical (unpaired) electrons. The summed E-state index contributed by atoms with van der Waals surface area (Å²) in [5, 5.41) is 0. The zero-order valence-corrected chi connectivity index (χ0v) is 8.45. The van der Waals surface area contributed by atoms with E-state index in [9.17, 15) is 0 Å². The second kappa shape index (κ2) is 4.36. The van der Waals surface area contributed by atoms with Gasteiger partial charge in [0.05, 0.1) is 0 Å². The third-order valence-corrected chi connectivity index (χ3v) is 2.78. The zero-order chi connectivity index (χ0) is 8.97. The normalized spacial score (nSPS) is 9.83. The number of hydrogen-bond acceptors (Lipinski definition) is 1. The summed E-state index contributed by atoms with van der Waals surface area (Å²) in [6.45, 7) is 5.99.